The summed E-state index contributed by atoms with van der Waals surface area (Å²) in [5, 5.41) is 3.32. The lowest BCUT2D eigenvalue weighted by Crippen LogP contribution is -2.49. The predicted molar refractivity (Wildman–Crippen MR) is 53.4 cm³/mol. The fourth-order valence-corrected chi connectivity index (χ4v) is 1.72. The normalized spacial score (nSPS) is 33.9. The Balaban J connectivity index is 2.71. The molecule has 0 aromatic rings. The van der Waals surface area contributed by atoms with Crippen LogP contribution in [0.2, 0.25) is 0 Å². The van der Waals surface area contributed by atoms with E-state index >= 15 is 0 Å². The third-order valence-corrected chi connectivity index (χ3v) is 2.31. The van der Waals surface area contributed by atoms with Crippen molar-refractivity contribution in [3.8, 4) is 0 Å². The number of alkyl halides is 1. The summed E-state index contributed by atoms with van der Waals surface area (Å²) in [6, 6.07) is 0. The van der Waals surface area contributed by atoms with E-state index in [1.165, 1.54) is 6.92 Å². The van der Waals surface area contributed by atoms with E-state index in [0.29, 0.717) is 0 Å². The van der Waals surface area contributed by atoms with Crippen LogP contribution in [0.25, 0.3) is 10.4 Å². The van der Waals surface area contributed by atoms with Gasteiger partial charge in [0, 0.05) is 18.3 Å². The minimum absolute atomic E-state index is 0.0425. The SMILES string of the molecule is CC(=O)O[C@H]1[C@@H](F)C[C@@H](C)O[C@@H]1CN=[N+]=[N-]. The average Bonchev–Trinajstić information content (AvgIpc) is 2.19. The van der Waals surface area contributed by atoms with Gasteiger partial charge in [-0.2, -0.15) is 0 Å². The van der Waals surface area contributed by atoms with Crippen molar-refractivity contribution in [2.24, 2.45) is 5.11 Å². The molecule has 1 fully saturated rings. The molecule has 0 aliphatic carbocycles. The molecule has 6 nitrogen and oxygen atoms in total. The van der Waals surface area contributed by atoms with Gasteiger partial charge in [-0.25, -0.2) is 4.39 Å². The van der Waals surface area contributed by atoms with Crippen LogP contribution in [0.5, 0.6) is 0 Å². The molecule has 0 amide bonds. The van der Waals surface area contributed by atoms with Gasteiger partial charge in [0.2, 0.25) is 0 Å². The molecule has 0 saturated carbocycles. The Hall–Kier alpha value is -1.33. The molecule has 0 aromatic heterocycles. The number of carbonyl (C=O) groups is 1. The molecule has 0 radical (unpaired) electrons. The zero-order valence-electron chi connectivity index (χ0n) is 9.17. The highest BCUT2D eigenvalue weighted by Gasteiger charge is 2.39. The number of carbonyl (C=O) groups excluding carboxylic acids is 1. The van der Waals surface area contributed by atoms with Crippen LogP contribution in [-0.2, 0) is 14.3 Å². The fraction of sp³-hybridized carbons (Fsp3) is 0.889. The van der Waals surface area contributed by atoms with Crippen molar-refractivity contribution in [2.75, 3.05) is 6.54 Å². The van der Waals surface area contributed by atoms with Gasteiger partial charge in [-0.15, -0.1) is 0 Å². The standard InChI is InChI=1S/C9H14FN3O3/c1-5-3-7(10)9(16-6(2)14)8(15-5)4-12-13-11/h5,7-9H,3-4H2,1-2H3/t5-,7+,8-,9+/m1/s1. The monoisotopic (exact) mass is 231 g/mol. The Morgan fingerprint density at radius 1 is 1.75 bits per heavy atom. The summed E-state index contributed by atoms with van der Waals surface area (Å²) in [5.41, 5.74) is 8.20. The van der Waals surface area contributed by atoms with Gasteiger partial charge in [0.15, 0.2) is 6.10 Å². The van der Waals surface area contributed by atoms with E-state index in [-0.39, 0.29) is 19.1 Å². The number of ether oxygens (including phenoxy) is 2. The highest BCUT2D eigenvalue weighted by molar-refractivity contribution is 5.66. The molecule has 1 heterocycles. The highest BCUT2D eigenvalue weighted by Crippen LogP contribution is 2.25. The Kier molecular flexibility index (Phi) is 4.52. The van der Waals surface area contributed by atoms with Crippen LogP contribution in [0.4, 0.5) is 4.39 Å². The maximum Gasteiger partial charge on any atom is 0.303 e. The Bertz CT molecular complexity index is 306. The zero-order chi connectivity index (χ0) is 12.1. The maximum atomic E-state index is 13.6. The van der Waals surface area contributed by atoms with E-state index in [1.807, 2.05) is 0 Å². The molecular formula is C9H14FN3O3. The molecule has 0 spiro atoms. The van der Waals surface area contributed by atoms with Crippen LogP contribution in [-0.4, -0.2) is 37.0 Å². The summed E-state index contributed by atoms with van der Waals surface area (Å²) in [4.78, 5) is 13.4. The second-order valence-electron chi connectivity index (χ2n) is 3.72. The van der Waals surface area contributed by atoms with Gasteiger partial charge in [-0.3, -0.25) is 4.79 Å². The number of nitrogens with zero attached hydrogens (tertiary/aromatic N) is 3. The lowest BCUT2D eigenvalue weighted by atomic mass is 9.99. The summed E-state index contributed by atoms with van der Waals surface area (Å²) in [5.74, 6) is -0.572. The van der Waals surface area contributed by atoms with Crippen LogP contribution in [0.15, 0.2) is 5.11 Å². The molecule has 1 aliphatic rings. The van der Waals surface area contributed by atoms with Gasteiger partial charge < -0.3 is 9.47 Å². The lowest BCUT2D eigenvalue weighted by molar-refractivity contribution is -0.180. The molecule has 90 valence electrons. The topological polar surface area (TPSA) is 84.3 Å². The summed E-state index contributed by atoms with van der Waals surface area (Å²) >= 11 is 0. The van der Waals surface area contributed by atoms with Crippen molar-refractivity contribution < 1.29 is 18.7 Å². The highest BCUT2D eigenvalue weighted by atomic mass is 19.1. The van der Waals surface area contributed by atoms with E-state index in [9.17, 15) is 9.18 Å². The Labute approximate surface area is 92.3 Å². The van der Waals surface area contributed by atoms with Crippen LogP contribution in [0.1, 0.15) is 20.3 Å². The smallest absolute Gasteiger partial charge is 0.303 e. The second kappa shape index (κ2) is 5.67. The lowest BCUT2D eigenvalue weighted by Gasteiger charge is -2.36. The maximum absolute atomic E-state index is 13.6. The van der Waals surface area contributed by atoms with E-state index < -0.39 is 24.3 Å². The summed E-state index contributed by atoms with van der Waals surface area (Å²) < 4.78 is 23.9. The van der Waals surface area contributed by atoms with E-state index in [2.05, 4.69) is 10.0 Å². The average molecular weight is 231 g/mol. The van der Waals surface area contributed by atoms with Gasteiger partial charge in [0.1, 0.15) is 12.3 Å². The van der Waals surface area contributed by atoms with E-state index in [4.69, 9.17) is 15.0 Å². The van der Waals surface area contributed by atoms with Gasteiger partial charge in [0.25, 0.3) is 0 Å². The summed E-state index contributed by atoms with van der Waals surface area (Å²) in [6.07, 6.45) is -3.09. The molecule has 16 heavy (non-hydrogen) atoms. The molecule has 7 heteroatoms. The molecule has 4 atom stereocenters. The van der Waals surface area contributed by atoms with Crippen molar-refractivity contribution >= 4 is 5.97 Å². The molecule has 1 aliphatic heterocycles. The van der Waals surface area contributed by atoms with Crippen molar-refractivity contribution in [3.05, 3.63) is 10.4 Å². The summed E-state index contributed by atoms with van der Waals surface area (Å²) in [6.45, 7) is 2.88. The molecule has 0 unspecified atom stereocenters. The summed E-state index contributed by atoms with van der Waals surface area (Å²) in [7, 11) is 0. The number of azide groups is 1. The molecule has 0 N–H and O–H groups in total. The first-order valence-electron chi connectivity index (χ1n) is 5.02. The second-order valence-corrected chi connectivity index (χ2v) is 3.72. The Morgan fingerprint density at radius 2 is 2.44 bits per heavy atom. The largest absolute Gasteiger partial charge is 0.457 e. The molecule has 0 aromatic carbocycles. The predicted octanol–water partition coefficient (Wildman–Crippen LogP) is 1.74. The van der Waals surface area contributed by atoms with Crippen molar-refractivity contribution in [1.29, 1.82) is 0 Å². The fourth-order valence-electron chi connectivity index (χ4n) is 1.72. The van der Waals surface area contributed by atoms with E-state index in [0.717, 1.165) is 0 Å². The number of hydrogen-bond acceptors (Lipinski definition) is 4. The Morgan fingerprint density at radius 3 is 3.00 bits per heavy atom. The van der Waals surface area contributed by atoms with Gasteiger partial charge in [-0.05, 0) is 12.5 Å². The third kappa shape index (κ3) is 3.36. The van der Waals surface area contributed by atoms with Crippen molar-refractivity contribution in [1.82, 2.24) is 0 Å². The first-order chi connectivity index (χ1) is 7.54. The minimum atomic E-state index is -1.29. The first-order valence-corrected chi connectivity index (χ1v) is 5.02. The zero-order valence-corrected chi connectivity index (χ0v) is 9.17. The molecular weight excluding hydrogens is 217 g/mol. The number of halogens is 1. The van der Waals surface area contributed by atoms with Crippen molar-refractivity contribution in [2.45, 2.75) is 44.8 Å². The number of esters is 1. The molecule has 0 bridgehead atoms. The quantitative estimate of drug-likeness (QED) is 0.321. The van der Waals surface area contributed by atoms with Gasteiger partial charge in [0.05, 0.1) is 12.6 Å². The van der Waals surface area contributed by atoms with Crippen molar-refractivity contribution in [3.63, 3.8) is 0 Å². The van der Waals surface area contributed by atoms with Crippen LogP contribution in [0, 0.1) is 0 Å². The van der Waals surface area contributed by atoms with E-state index in [1.54, 1.807) is 6.92 Å². The van der Waals surface area contributed by atoms with Gasteiger partial charge >= 0.3 is 5.97 Å². The number of hydrogen-bond donors (Lipinski definition) is 0. The van der Waals surface area contributed by atoms with Crippen LogP contribution < -0.4 is 0 Å². The number of rotatable bonds is 3. The third-order valence-electron chi connectivity index (χ3n) is 2.31. The molecule has 1 rings (SSSR count). The minimum Gasteiger partial charge on any atom is -0.457 e. The van der Waals surface area contributed by atoms with Crippen LogP contribution >= 0.6 is 0 Å². The van der Waals surface area contributed by atoms with Gasteiger partial charge in [-0.1, -0.05) is 5.11 Å². The first kappa shape index (κ1) is 12.7. The molecule has 1 saturated heterocycles. The van der Waals surface area contributed by atoms with Crippen LogP contribution in [0.3, 0.4) is 0 Å².